The second-order valence-corrected chi connectivity index (χ2v) is 7.22. The van der Waals surface area contributed by atoms with Gasteiger partial charge in [0.15, 0.2) is 5.82 Å². The number of rotatable bonds is 2. The molecule has 0 fully saturated rings. The molecule has 0 N–H and O–H groups in total. The van der Waals surface area contributed by atoms with Crippen molar-refractivity contribution >= 4 is 32.6 Å². The Kier molecular flexibility index (Phi) is 4.55. The van der Waals surface area contributed by atoms with Crippen molar-refractivity contribution in [3.63, 3.8) is 0 Å². The number of nitrogens with zero attached hydrogens (tertiary/aromatic N) is 2. The van der Waals surface area contributed by atoms with Crippen LogP contribution in [0.25, 0.3) is 0 Å². The molecule has 0 bridgehead atoms. The fraction of sp³-hybridized carbons (Fsp3) is 0.455. The molecular weight excluding hydrogens is 307 g/mol. The zero-order chi connectivity index (χ0) is 13.2. The number of aromatic nitrogens is 1. The predicted molar refractivity (Wildman–Crippen MR) is 72.0 cm³/mol. The van der Waals surface area contributed by atoms with Crippen molar-refractivity contribution < 1.29 is 8.60 Å². The number of hydrogen-bond donors (Lipinski definition) is 0. The zero-order valence-electron chi connectivity index (χ0n) is 10.1. The maximum atomic E-state index is 13.5. The van der Waals surface area contributed by atoms with Gasteiger partial charge in [-0.15, -0.1) is 0 Å². The summed E-state index contributed by atoms with van der Waals surface area (Å²) in [6.45, 7) is 7.03. The average Bonchev–Trinajstić information content (AvgIpc) is 2.20. The molecule has 0 saturated heterocycles. The van der Waals surface area contributed by atoms with Gasteiger partial charge in [0.25, 0.3) is 0 Å². The molecule has 0 aliphatic rings. The number of hydrogen-bond acceptors (Lipinski definition) is 2. The first kappa shape index (κ1) is 14.4. The van der Waals surface area contributed by atoms with Gasteiger partial charge in [-0.3, -0.25) is 0 Å². The quantitative estimate of drug-likeness (QED) is 0.620. The molecule has 3 nitrogen and oxygen atoms in total. The fourth-order valence-electron chi connectivity index (χ4n) is 0.977. The van der Waals surface area contributed by atoms with E-state index in [1.165, 1.54) is 12.1 Å². The van der Waals surface area contributed by atoms with Gasteiger partial charge < -0.3 is 0 Å². The van der Waals surface area contributed by atoms with Crippen LogP contribution in [0.3, 0.4) is 0 Å². The van der Waals surface area contributed by atoms with E-state index in [1.54, 1.807) is 6.92 Å². The molecule has 1 aromatic heterocycles. The largest absolute Gasteiger partial charge is 0.236 e. The van der Waals surface area contributed by atoms with Gasteiger partial charge >= 0.3 is 0 Å². The summed E-state index contributed by atoms with van der Waals surface area (Å²) < 4.78 is 29.3. The van der Waals surface area contributed by atoms with Gasteiger partial charge in [-0.25, -0.2) is 13.6 Å². The van der Waals surface area contributed by atoms with Crippen molar-refractivity contribution in [2.45, 2.75) is 32.4 Å². The predicted octanol–water partition coefficient (Wildman–Crippen LogP) is 3.25. The minimum absolute atomic E-state index is 0.122. The van der Waals surface area contributed by atoms with E-state index in [9.17, 15) is 8.60 Å². The lowest BCUT2D eigenvalue weighted by Gasteiger charge is -2.14. The second kappa shape index (κ2) is 5.35. The van der Waals surface area contributed by atoms with E-state index in [0.717, 1.165) is 0 Å². The first-order valence-corrected chi connectivity index (χ1v) is 6.91. The molecule has 1 unspecified atom stereocenters. The van der Waals surface area contributed by atoms with Crippen LogP contribution in [-0.2, 0) is 11.0 Å². The molecule has 0 amide bonds. The fourth-order valence-corrected chi connectivity index (χ4v) is 1.90. The van der Waals surface area contributed by atoms with Crippen LogP contribution in [0.5, 0.6) is 0 Å². The van der Waals surface area contributed by atoms with Crippen LogP contribution >= 0.6 is 15.9 Å². The van der Waals surface area contributed by atoms with Crippen LogP contribution in [0, 0.1) is 5.82 Å². The minimum atomic E-state index is -1.42. The van der Waals surface area contributed by atoms with Crippen LogP contribution in [-0.4, -0.2) is 19.7 Å². The smallest absolute Gasteiger partial charge is 0.150 e. The Hall–Kier alpha value is -0.620. The number of halogens is 2. The summed E-state index contributed by atoms with van der Waals surface area (Å²) in [5, 5.41) is 0. The van der Waals surface area contributed by atoms with Gasteiger partial charge in [-0.1, -0.05) is 0 Å². The Morgan fingerprint density at radius 2 is 2.06 bits per heavy atom. The maximum absolute atomic E-state index is 13.5. The van der Waals surface area contributed by atoms with Gasteiger partial charge in [0.2, 0.25) is 0 Å². The normalized spacial score (nSPS) is 14.8. The second-order valence-electron chi connectivity index (χ2n) is 4.50. The maximum Gasteiger partial charge on any atom is 0.150 e. The lowest BCUT2D eigenvalue weighted by atomic mass is 10.2. The Labute approximate surface area is 111 Å². The van der Waals surface area contributed by atoms with Crippen molar-refractivity contribution in [2.24, 2.45) is 4.40 Å². The van der Waals surface area contributed by atoms with E-state index >= 15 is 0 Å². The first-order chi connectivity index (χ1) is 7.71. The van der Waals surface area contributed by atoms with E-state index in [1.807, 2.05) is 20.8 Å². The Balaban J connectivity index is 3.12. The third-order valence-electron chi connectivity index (χ3n) is 1.90. The van der Waals surface area contributed by atoms with Crippen LogP contribution in [0.15, 0.2) is 21.1 Å². The van der Waals surface area contributed by atoms with E-state index in [4.69, 9.17) is 0 Å². The highest BCUT2D eigenvalue weighted by atomic mass is 79.9. The molecule has 94 valence electrons. The molecule has 6 heteroatoms. The zero-order valence-corrected chi connectivity index (χ0v) is 12.5. The van der Waals surface area contributed by atoms with E-state index in [2.05, 4.69) is 25.3 Å². The van der Waals surface area contributed by atoms with E-state index in [0.29, 0.717) is 10.3 Å². The molecule has 1 heterocycles. The first-order valence-electron chi connectivity index (χ1n) is 5.01. The Morgan fingerprint density at radius 1 is 1.47 bits per heavy atom. The molecule has 1 aromatic rings. The highest BCUT2D eigenvalue weighted by Crippen LogP contribution is 2.16. The van der Waals surface area contributed by atoms with Crippen LogP contribution in [0.4, 0.5) is 4.39 Å². The van der Waals surface area contributed by atoms with Crippen molar-refractivity contribution in [1.82, 2.24) is 4.98 Å². The molecule has 0 spiro atoms. The van der Waals surface area contributed by atoms with Crippen LogP contribution < -0.4 is 0 Å². The molecule has 17 heavy (non-hydrogen) atoms. The minimum Gasteiger partial charge on any atom is -0.236 e. The molecule has 0 radical (unpaired) electrons. The molecule has 0 aliphatic heterocycles. The lowest BCUT2D eigenvalue weighted by molar-refractivity contribution is 0.617. The highest BCUT2D eigenvalue weighted by Gasteiger charge is 2.20. The topological polar surface area (TPSA) is 42.3 Å². The number of pyridine rings is 1. The van der Waals surface area contributed by atoms with Crippen LogP contribution in [0.2, 0.25) is 0 Å². The standard InChI is InChI=1S/C11H14BrFN2OS/c1-7(15-17(16)11(2,3)4)10-8(13)5-6-9(12)14-10/h5-6H,1-4H3. The van der Waals surface area contributed by atoms with Gasteiger partial charge in [0, 0.05) is 0 Å². The van der Waals surface area contributed by atoms with Gasteiger partial charge in [-0.05, 0) is 55.8 Å². The van der Waals surface area contributed by atoms with E-state index < -0.39 is 21.5 Å². The summed E-state index contributed by atoms with van der Waals surface area (Å²) in [5.41, 5.74) is 0.453. The molecule has 1 rings (SSSR count). The summed E-state index contributed by atoms with van der Waals surface area (Å²) in [6.07, 6.45) is 0. The van der Waals surface area contributed by atoms with Crippen molar-refractivity contribution in [1.29, 1.82) is 0 Å². The van der Waals surface area contributed by atoms with Gasteiger partial charge in [0.05, 0.1) is 10.5 Å². The lowest BCUT2D eigenvalue weighted by Crippen LogP contribution is -2.21. The average molecular weight is 321 g/mol. The summed E-state index contributed by atoms with van der Waals surface area (Å²) in [7, 11) is -1.42. The molecule has 0 aromatic carbocycles. The van der Waals surface area contributed by atoms with Crippen molar-refractivity contribution in [3.8, 4) is 0 Å². The SMILES string of the molecule is CC(=NS(=O)C(C)(C)C)c1nc(Br)ccc1F. The van der Waals surface area contributed by atoms with Crippen molar-refractivity contribution in [2.75, 3.05) is 0 Å². The monoisotopic (exact) mass is 320 g/mol. The van der Waals surface area contributed by atoms with Crippen LogP contribution in [0.1, 0.15) is 33.4 Å². The van der Waals surface area contributed by atoms with E-state index in [-0.39, 0.29) is 5.69 Å². The summed E-state index contributed by atoms with van der Waals surface area (Å²) in [4.78, 5) is 3.98. The molecule has 0 saturated carbocycles. The third-order valence-corrected chi connectivity index (χ3v) is 3.83. The highest BCUT2D eigenvalue weighted by molar-refractivity contribution is 9.10. The Bertz CT molecular complexity index is 483. The van der Waals surface area contributed by atoms with Gasteiger partial charge in [-0.2, -0.15) is 4.40 Å². The molecule has 0 aliphatic carbocycles. The summed E-state index contributed by atoms with van der Waals surface area (Å²) in [6, 6.07) is 2.80. The molecule has 1 atom stereocenters. The summed E-state index contributed by atoms with van der Waals surface area (Å²) >= 11 is 3.16. The third kappa shape index (κ3) is 3.96. The Morgan fingerprint density at radius 3 is 2.59 bits per heavy atom. The molecular formula is C11H14BrFN2OS. The van der Waals surface area contributed by atoms with Crippen molar-refractivity contribution in [3.05, 3.63) is 28.2 Å². The van der Waals surface area contributed by atoms with Gasteiger partial charge in [0.1, 0.15) is 21.3 Å². The summed E-state index contributed by atoms with van der Waals surface area (Å²) in [5.74, 6) is -0.472.